The molecule has 1 aromatic carbocycles. The molecule has 0 aliphatic rings. The van der Waals surface area contributed by atoms with E-state index in [0.717, 1.165) is 0 Å². The zero-order valence-corrected chi connectivity index (χ0v) is 6.66. The first-order chi connectivity index (χ1) is 6.29. The molecule has 3 nitrogen and oxygen atoms in total. The van der Waals surface area contributed by atoms with Crippen LogP contribution < -0.4 is 0 Å². The largest absolute Gasteiger partial charge is 0.491 e. The number of rotatable bonds is 1. The Kier molecular flexibility index (Phi) is 1.73. The first-order valence-corrected chi connectivity index (χ1v) is 3.77. The molecular formula is C9H7FN2O. The highest BCUT2D eigenvalue weighted by molar-refractivity contribution is 5.60. The fraction of sp³-hybridized carbons (Fsp3) is 0. The van der Waals surface area contributed by atoms with Crippen LogP contribution in [0, 0.1) is 5.82 Å². The van der Waals surface area contributed by atoms with E-state index in [4.69, 9.17) is 5.11 Å². The van der Waals surface area contributed by atoms with Gasteiger partial charge in [0.2, 0.25) is 11.7 Å². The zero-order chi connectivity index (χ0) is 9.26. The van der Waals surface area contributed by atoms with Crippen LogP contribution in [0.5, 0.6) is 5.88 Å². The topological polar surface area (TPSA) is 48.9 Å². The highest BCUT2D eigenvalue weighted by Crippen LogP contribution is 2.24. The van der Waals surface area contributed by atoms with Gasteiger partial charge in [-0.15, -0.1) is 0 Å². The van der Waals surface area contributed by atoms with E-state index in [9.17, 15) is 4.39 Å². The fourth-order valence-electron chi connectivity index (χ4n) is 1.11. The van der Waals surface area contributed by atoms with Gasteiger partial charge >= 0.3 is 0 Å². The molecule has 0 aliphatic heterocycles. The van der Waals surface area contributed by atoms with Crippen LogP contribution in [-0.4, -0.2) is 15.3 Å². The number of hydrogen-bond acceptors (Lipinski definition) is 2. The number of H-pyrrole nitrogens is 1. The second kappa shape index (κ2) is 2.90. The Morgan fingerprint density at radius 3 is 2.46 bits per heavy atom. The Morgan fingerprint density at radius 2 is 1.92 bits per heavy atom. The van der Waals surface area contributed by atoms with Crippen molar-refractivity contribution in [1.29, 1.82) is 0 Å². The molecule has 13 heavy (non-hydrogen) atoms. The van der Waals surface area contributed by atoms with Crippen LogP contribution in [0.2, 0.25) is 0 Å². The number of halogens is 1. The summed E-state index contributed by atoms with van der Waals surface area (Å²) in [5.74, 6) is -1.25. The van der Waals surface area contributed by atoms with E-state index >= 15 is 0 Å². The monoisotopic (exact) mass is 178 g/mol. The van der Waals surface area contributed by atoms with Crippen molar-refractivity contribution in [3.8, 4) is 17.1 Å². The van der Waals surface area contributed by atoms with Crippen molar-refractivity contribution in [3.05, 3.63) is 36.1 Å². The molecule has 0 unspecified atom stereocenters. The first-order valence-electron chi connectivity index (χ1n) is 3.77. The van der Waals surface area contributed by atoms with Gasteiger partial charge in [0, 0.05) is 5.56 Å². The van der Waals surface area contributed by atoms with Gasteiger partial charge in [-0.2, -0.15) is 9.49 Å². The average molecular weight is 178 g/mol. The van der Waals surface area contributed by atoms with E-state index < -0.39 is 11.7 Å². The SMILES string of the molecule is Oc1[nH]nc(-c2ccccc2)c1F. The molecule has 4 heteroatoms. The van der Waals surface area contributed by atoms with Crippen LogP contribution >= 0.6 is 0 Å². The smallest absolute Gasteiger partial charge is 0.244 e. The molecule has 0 aliphatic carbocycles. The molecule has 0 atom stereocenters. The number of aromatic amines is 1. The van der Waals surface area contributed by atoms with Crippen molar-refractivity contribution in [1.82, 2.24) is 10.2 Å². The lowest BCUT2D eigenvalue weighted by molar-refractivity contribution is 0.417. The maximum atomic E-state index is 13.1. The molecule has 0 amide bonds. The third-order valence-electron chi connectivity index (χ3n) is 1.74. The lowest BCUT2D eigenvalue weighted by Crippen LogP contribution is -1.79. The Labute approximate surface area is 73.8 Å². The Morgan fingerprint density at radius 1 is 1.23 bits per heavy atom. The maximum absolute atomic E-state index is 13.1. The van der Waals surface area contributed by atoms with Crippen LogP contribution in [0.3, 0.4) is 0 Å². The van der Waals surface area contributed by atoms with Gasteiger partial charge in [0.1, 0.15) is 5.69 Å². The number of nitrogens with zero attached hydrogens (tertiary/aromatic N) is 1. The quantitative estimate of drug-likeness (QED) is 0.700. The molecule has 0 bridgehead atoms. The minimum Gasteiger partial charge on any atom is -0.491 e. The van der Waals surface area contributed by atoms with Crippen LogP contribution in [0.1, 0.15) is 0 Å². The van der Waals surface area contributed by atoms with Crippen molar-refractivity contribution >= 4 is 0 Å². The minimum absolute atomic E-state index is 0.137. The number of aromatic hydroxyl groups is 1. The molecule has 0 fully saturated rings. The van der Waals surface area contributed by atoms with Gasteiger partial charge in [-0.05, 0) is 0 Å². The third kappa shape index (κ3) is 1.26. The van der Waals surface area contributed by atoms with Crippen molar-refractivity contribution in [2.75, 3.05) is 0 Å². The normalized spacial score (nSPS) is 10.2. The van der Waals surface area contributed by atoms with Gasteiger partial charge in [0.05, 0.1) is 0 Å². The predicted octanol–water partition coefficient (Wildman–Crippen LogP) is 1.92. The fourth-order valence-corrected chi connectivity index (χ4v) is 1.11. The summed E-state index contributed by atoms with van der Waals surface area (Å²) < 4.78 is 13.1. The Hall–Kier alpha value is -1.84. The molecule has 66 valence electrons. The van der Waals surface area contributed by atoms with Gasteiger partial charge in [0.25, 0.3) is 0 Å². The van der Waals surface area contributed by atoms with Gasteiger partial charge in [-0.25, -0.2) is 5.10 Å². The molecule has 1 heterocycles. The first kappa shape index (κ1) is 7.79. The molecule has 2 rings (SSSR count). The summed E-state index contributed by atoms with van der Waals surface area (Å²) in [6, 6.07) is 8.83. The number of aromatic nitrogens is 2. The van der Waals surface area contributed by atoms with Crippen molar-refractivity contribution in [2.24, 2.45) is 0 Å². The van der Waals surface area contributed by atoms with E-state index in [1.165, 1.54) is 0 Å². The van der Waals surface area contributed by atoms with Gasteiger partial charge in [-0.3, -0.25) is 0 Å². The molecule has 0 saturated heterocycles. The summed E-state index contributed by atoms with van der Waals surface area (Å²) in [5.41, 5.74) is 0.773. The van der Waals surface area contributed by atoms with Crippen LogP contribution in [0.4, 0.5) is 4.39 Å². The lowest BCUT2D eigenvalue weighted by Gasteiger charge is -1.93. The van der Waals surface area contributed by atoms with Crippen LogP contribution in [0.15, 0.2) is 30.3 Å². The molecule has 2 aromatic rings. The highest BCUT2D eigenvalue weighted by atomic mass is 19.1. The molecule has 0 radical (unpaired) electrons. The van der Waals surface area contributed by atoms with Gasteiger partial charge in [0.15, 0.2) is 0 Å². The molecule has 2 N–H and O–H groups in total. The van der Waals surface area contributed by atoms with E-state index in [1.54, 1.807) is 24.3 Å². The van der Waals surface area contributed by atoms with Crippen molar-refractivity contribution in [3.63, 3.8) is 0 Å². The summed E-state index contributed by atoms with van der Waals surface area (Å²) >= 11 is 0. The summed E-state index contributed by atoms with van der Waals surface area (Å²) in [5, 5.41) is 14.7. The number of hydrogen-bond donors (Lipinski definition) is 2. The number of nitrogens with one attached hydrogen (secondary N) is 1. The second-order valence-electron chi connectivity index (χ2n) is 2.60. The molecule has 0 saturated carbocycles. The number of benzene rings is 1. The van der Waals surface area contributed by atoms with E-state index in [-0.39, 0.29) is 5.69 Å². The van der Waals surface area contributed by atoms with Gasteiger partial charge in [-0.1, -0.05) is 30.3 Å². The zero-order valence-electron chi connectivity index (χ0n) is 6.66. The third-order valence-corrected chi connectivity index (χ3v) is 1.74. The van der Waals surface area contributed by atoms with E-state index in [1.807, 2.05) is 6.07 Å². The molecule has 0 spiro atoms. The Balaban J connectivity index is 2.53. The average Bonchev–Trinajstić information content (AvgIpc) is 2.49. The lowest BCUT2D eigenvalue weighted by atomic mass is 10.1. The van der Waals surface area contributed by atoms with Crippen LogP contribution in [-0.2, 0) is 0 Å². The standard InChI is InChI=1S/C9H7FN2O/c10-7-8(11-12-9(7)13)6-4-2-1-3-5-6/h1-5H,(H2,11,12,13). The summed E-state index contributed by atoms with van der Waals surface area (Å²) in [6.45, 7) is 0. The van der Waals surface area contributed by atoms with Crippen molar-refractivity contribution in [2.45, 2.75) is 0 Å². The second-order valence-corrected chi connectivity index (χ2v) is 2.60. The van der Waals surface area contributed by atoms with Crippen LogP contribution in [0.25, 0.3) is 11.3 Å². The summed E-state index contributed by atoms with van der Waals surface area (Å²) in [6.07, 6.45) is 0. The van der Waals surface area contributed by atoms with E-state index in [2.05, 4.69) is 10.2 Å². The molecular weight excluding hydrogens is 171 g/mol. The maximum Gasteiger partial charge on any atom is 0.244 e. The summed E-state index contributed by atoms with van der Waals surface area (Å²) in [4.78, 5) is 0. The summed E-state index contributed by atoms with van der Waals surface area (Å²) in [7, 11) is 0. The predicted molar refractivity (Wildman–Crippen MR) is 45.6 cm³/mol. The minimum atomic E-state index is -0.716. The molecule has 1 aromatic heterocycles. The van der Waals surface area contributed by atoms with Gasteiger partial charge < -0.3 is 5.11 Å². The highest BCUT2D eigenvalue weighted by Gasteiger charge is 2.12. The van der Waals surface area contributed by atoms with E-state index in [0.29, 0.717) is 5.56 Å². The van der Waals surface area contributed by atoms with Crippen molar-refractivity contribution < 1.29 is 9.50 Å². The Bertz CT molecular complexity index is 411.